The third-order valence-electron chi connectivity index (χ3n) is 2.53. The van der Waals surface area contributed by atoms with E-state index in [1.54, 1.807) is 0 Å². The lowest BCUT2D eigenvalue weighted by molar-refractivity contribution is 0.751. The predicted molar refractivity (Wildman–Crippen MR) is 99.8 cm³/mol. The Morgan fingerprint density at radius 2 is 1.91 bits per heavy atom. The Labute approximate surface area is 150 Å². The molecular formula is C12H20Cl2N6S2. The summed E-state index contributed by atoms with van der Waals surface area (Å²) >= 11 is 2.98. The van der Waals surface area contributed by atoms with Crippen LogP contribution in [0.5, 0.6) is 0 Å². The molecule has 0 aliphatic rings. The highest BCUT2D eigenvalue weighted by Crippen LogP contribution is 2.27. The summed E-state index contributed by atoms with van der Waals surface area (Å²) in [6.07, 6.45) is 2.19. The van der Waals surface area contributed by atoms with Gasteiger partial charge in [-0.15, -0.1) is 47.5 Å². The lowest BCUT2D eigenvalue weighted by Crippen LogP contribution is -2.31. The Morgan fingerprint density at radius 3 is 2.55 bits per heavy atom. The van der Waals surface area contributed by atoms with Crippen LogP contribution in [0.2, 0.25) is 0 Å². The molecule has 0 aliphatic heterocycles. The fraction of sp³-hybridized carbons (Fsp3) is 0.417. The molecule has 10 heteroatoms. The normalized spacial score (nSPS) is 10.7. The molecule has 2 aromatic heterocycles. The van der Waals surface area contributed by atoms with Crippen LogP contribution in [-0.2, 0) is 6.54 Å². The fourth-order valence-electron chi connectivity index (χ4n) is 1.49. The molecule has 2 aromatic rings. The predicted octanol–water partition coefficient (Wildman–Crippen LogP) is 2.90. The molecule has 0 aliphatic carbocycles. The molecule has 124 valence electrons. The summed E-state index contributed by atoms with van der Waals surface area (Å²) in [5.41, 5.74) is 13.0. The first kappa shape index (κ1) is 21.1. The van der Waals surface area contributed by atoms with Crippen molar-refractivity contribution in [1.29, 1.82) is 0 Å². The zero-order valence-corrected chi connectivity index (χ0v) is 15.4. The number of aliphatic imine (C=N–C) groups is 1. The van der Waals surface area contributed by atoms with Gasteiger partial charge in [0.1, 0.15) is 16.4 Å². The smallest absolute Gasteiger partial charge is 0.212 e. The van der Waals surface area contributed by atoms with E-state index < -0.39 is 0 Å². The van der Waals surface area contributed by atoms with Gasteiger partial charge in [0.2, 0.25) is 5.13 Å². The van der Waals surface area contributed by atoms with Gasteiger partial charge in [0.15, 0.2) is 5.96 Å². The Morgan fingerprint density at radius 1 is 1.23 bits per heavy atom. The van der Waals surface area contributed by atoms with Gasteiger partial charge < -0.3 is 16.8 Å². The summed E-state index contributed by atoms with van der Waals surface area (Å²) in [4.78, 5) is 13.1. The van der Waals surface area contributed by atoms with Crippen molar-refractivity contribution in [2.24, 2.45) is 16.5 Å². The van der Waals surface area contributed by atoms with E-state index in [0.717, 1.165) is 35.8 Å². The zero-order chi connectivity index (χ0) is 14.4. The molecule has 0 radical (unpaired) electrons. The van der Waals surface area contributed by atoms with E-state index >= 15 is 0 Å². The summed E-state index contributed by atoms with van der Waals surface area (Å²) in [7, 11) is 0. The number of rotatable bonds is 6. The molecule has 0 atom stereocenters. The number of halogens is 2. The zero-order valence-electron chi connectivity index (χ0n) is 12.1. The van der Waals surface area contributed by atoms with Crippen molar-refractivity contribution in [3.63, 3.8) is 0 Å². The largest absolute Gasteiger partial charge is 0.370 e. The molecular weight excluding hydrogens is 363 g/mol. The van der Waals surface area contributed by atoms with Crippen molar-refractivity contribution in [1.82, 2.24) is 15.3 Å². The van der Waals surface area contributed by atoms with Crippen LogP contribution < -0.4 is 16.8 Å². The molecule has 0 fully saturated rings. The maximum atomic E-state index is 5.80. The summed E-state index contributed by atoms with van der Waals surface area (Å²) in [5.74, 6) is 0.403. The van der Waals surface area contributed by atoms with Crippen molar-refractivity contribution < 1.29 is 0 Å². The molecule has 0 amide bonds. The van der Waals surface area contributed by atoms with Crippen LogP contribution in [0, 0.1) is 0 Å². The third kappa shape index (κ3) is 6.05. The summed E-state index contributed by atoms with van der Waals surface area (Å²) in [5, 5.41) is 8.46. The lowest BCUT2D eigenvalue weighted by Gasteiger charge is -2.02. The number of guanidine groups is 1. The molecule has 5 N–H and O–H groups in total. The van der Waals surface area contributed by atoms with Gasteiger partial charge in [-0.05, 0) is 6.42 Å². The first-order chi connectivity index (χ1) is 9.72. The second-order valence-corrected chi connectivity index (χ2v) is 5.90. The first-order valence-electron chi connectivity index (χ1n) is 6.41. The van der Waals surface area contributed by atoms with Gasteiger partial charge in [0.25, 0.3) is 0 Å². The van der Waals surface area contributed by atoms with Crippen LogP contribution in [0.4, 0.5) is 5.13 Å². The van der Waals surface area contributed by atoms with E-state index in [9.17, 15) is 0 Å². The summed E-state index contributed by atoms with van der Waals surface area (Å²) in [6, 6.07) is 0. The Bertz CT molecular complexity index is 584. The van der Waals surface area contributed by atoms with E-state index in [1.807, 2.05) is 10.8 Å². The minimum atomic E-state index is 0. The van der Waals surface area contributed by atoms with Gasteiger partial charge in [0.05, 0.1) is 0 Å². The van der Waals surface area contributed by atoms with Crippen molar-refractivity contribution in [2.45, 2.75) is 26.3 Å². The molecule has 6 nitrogen and oxygen atoms in total. The van der Waals surface area contributed by atoms with E-state index in [2.05, 4.69) is 27.2 Å². The van der Waals surface area contributed by atoms with Crippen molar-refractivity contribution in [3.8, 4) is 11.4 Å². The van der Waals surface area contributed by atoms with Gasteiger partial charge in [0, 0.05) is 23.8 Å². The van der Waals surface area contributed by atoms with Gasteiger partial charge in [-0.1, -0.05) is 13.3 Å². The lowest BCUT2D eigenvalue weighted by atomic mass is 10.3. The van der Waals surface area contributed by atoms with Gasteiger partial charge in [-0.3, -0.25) is 0 Å². The molecule has 0 spiro atoms. The topological polar surface area (TPSA) is 102 Å². The standard InChI is InChI=1S/C12H18N6S2.2ClH/c1-2-3-4-15-11(14)18-12-17-9(7-20-12)8-6-19-10(5-13)16-8;;/h6-7H,2-5,13H2,1H3,(H3,14,15,17,18);2*1H. The highest BCUT2D eigenvalue weighted by molar-refractivity contribution is 7.13. The summed E-state index contributed by atoms with van der Waals surface area (Å²) < 4.78 is 0. The number of hydrogen-bond acceptors (Lipinski definition) is 6. The average molecular weight is 383 g/mol. The summed E-state index contributed by atoms with van der Waals surface area (Å²) in [6.45, 7) is 3.41. The number of hydrogen-bond donors (Lipinski definition) is 3. The molecule has 0 saturated heterocycles. The van der Waals surface area contributed by atoms with E-state index in [4.69, 9.17) is 11.5 Å². The minimum Gasteiger partial charge on any atom is -0.370 e. The quantitative estimate of drug-likeness (QED) is 0.404. The highest BCUT2D eigenvalue weighted by atomic mass is 35.5. The van der Waals surface area contributed by atoms with Crippen LogP contribution in [0.25, 0.3) is 11.4 Å². The molecule has 0 saturated carbocycles. The SMILES string of the molecule is CCCCN/C(N)=N/c1nc(-c2csc(CN)n2)cs1.Cl.Cl. The molecule has 0 aromatic carbocycles. The molecule has 2 rings (SSSR count). The van der Waals surface area contributed by atoms with Gasteiger partial charge >= 0.3 is 0 Å². The number of nitrogens with two attached hydrogens (primary N) is 2. The first-order valence-corrected chi connectivity index (χ1v) is 8.17. The number of nitrogens with one attached hydrogen (secondary N) is 1. The number of nitrogens with zero attached hydrogens (tertiary/aromatic N) is 3. The van der Waals surface area contributed by atoms with E-state index in [1.165, 1.54) is 22.7 Å². The molecule has 22 heavy (non-hydrogen) atoms. The van der Waals surface area contributed by atoms with Crippen LogP contribution >= 0.6 is 47.5 Å². The van der Waals surface area contributed by atoms with Crippen LogP contribution in [0.1, 0.15) is 24.8 Å². The van der Waals surface area contributed by atoms with Crippen molar-refractivity contribution in [2.75, 3.05) is 6.54 Å². The Hall–Kier alpha value is -0.930. The number of unbranched alkanes of at least 4 members (excludes halogenated alkanes) is 1. The molecule has 0 unspecified atom stereocenters. The fourth-order valence-corrected chi connectivity index (χ4v) is 2.85. The second kappa shape index (κ2) is 10.7. The van der Waals surface area contributed by atoms with Crippen molar-refractivity contribution in [3.05, 3.63) is 15.8 Å². The van der Waals surface area contributed by atoms with Gasteiger partial charge in [-0.2, -0.15) is 4.99 Å². The number of thiazole rings is 2. The maximum absolute atomic E-state index is 5.80. The third-order valence-corrected chi connectivity index (χ3v) is 4.14. The van der Waals surface area contributed by atoms with Crippen LogP contribution in [0.3, 0.4) is 0 Å². The van der Waals surface area contributed by atoms with Crippen LogP contribution in [0.15, 0.2) is 15.8 Å². The average Bonchev–Trinajstić information content (AvgIpc) is 3.07. The number of aromatic nitrogens is 2. The monoisotopic (exact) mass is 382 g/mol. The maximum Gasteiger partial charge on any atom is 0.212 e. The van der Waals surface area contributed by atoms with E-state index in [0.29, 0.717) is 17.6 Å². The Kier molecular flexibility index (Phi) is 10.3. The molecule has 0 bridgehead atoms. The minimum absolute atomic E-state index is 0. The molecule has 2 heterocycles. The highest BCUT2D eigenvalue weighted by Gasteiger charge is 2.08. The second-order valence-electron chi connectivity index (χ2n) is 4.12. The van der Waals surface area contributed by atoms with Crippen molar-refractivity contribution >= 4 is 58.6 Å². The van der Waals surface area contributed by atoms with Gasteiger partial charge in [-0.25, -0.2) is 9.97 Å². The Balaban J connectivity index is 0.00000220. The van der Waals surface area contributed by atoms with E-state index in [-0.39, 0.29) is 24.8 Å². The van der Waals surface area contributed by atoms with Crippen LogP contribution in [-0.4, -0.2) is 22.5 Å².